The standard InChI is InChI=1S/C16H26N2O2S/c1-3-17-12-11-14-7-9-15(10-8-14)21(19,20)18-16-6-4-5-13(16)2/h7-10,13,16-18H,3-6,11-12H2,1-2H3. The van der Waals surface area contributed by atoms with Crippen LogP contribution in [-0.4, -0.2) is 27.5 Å². The number of nitrogens with one attached hydrogen (secondary N) is 2. The first kappa shape index (κ1) is 16.5. The van der Waals surface area contributed by atoms with E-state index in [0.717, 1.165) is 44.3 Å². The van der Waals surface area contributed by atoms with Crippen LogP contribution in [0.3, 0.4) is 0 Å². The Labute approximate surface area is 128 Å². The van der Waals surface area contributed by atoms with Gasteiger partial charge in [0.05, 0.1) is 4.90 Å². The second-order valence-electron chi connectivity index (χ2n) is 5.88. The van der Waals surface area contributed by atoms with Crippen molar-refractivity contribution < 1.29 is 8.42 Å². The Morgan fingerprint density at radius 1 is 1.19 bits per heavy atom. The van der Waals surface area contributed by atoms with E-state index in [0.29, 0.717) is 10.8 Å². The summed E-state index contributed by atoms with van der Waals surface area (Å²) in [5, 5.41) is 3.26. The molecule has 0 saturated heterocycles. The molecule has 0 aromatic heterocycles. The zero-order valence-corrected chi connectivity index (χ0v) is 13.7. The van der Waals surface area contributed by atoms with Gasteiger partial charge in [0.15, 0.2) is 0 Å². The minimum Gasteiger partial charge on any atom is -0.317 e. The molecule has 1 saturated carbocycles. The first-order valence-corrected chi connectivity index (χ1v) is 9.33. The summed E-state index contributed by atoms with van der Waals surface area (Å²) in [6, 6.07) is 7.32. The highest BCUT2D eigenvalue weighted by Crippen LogP contribution is 2.26. The average molecular weight is 310 g/mol. The number of hydrogen-bond donors (Lipinski definition) is 2. The zero-order chi connectivity index (χ0) is 15.3. The third-order valence-corrected chi connectivity index (χ3v) is 5.75. The van der Waals surface area contributed by atoms with Crippen LogP contribution in [0.4, 0.5) is 0 Å². The van der Waals surface area contributed by atoms with Crippen LogP contribution >= 0.6 is 0 Å². The highest BCUT2D eigenvalue weighted by atomic mass is 32.2. The smallest absolute Gasteiger partial charge is 0.240 e. The monoisotopic (exact) mass is 310 g/mol. The van der Waals surface area contributed by atoms with E-state index in [1.54, 1.807) is 12.1 Å². The third-order valence-electron chi connectivity index (χ3n) is 4.24. The van der Waals surface area contributed by atoms with Crippen molar-refractivity contribution in [2.75, 3.05) is 13.1 Å². The molecule has 0 radical (unpaired) electrons. The highest BCUT2D eigenvalue weighted by Gasteiger charge is 2.28. The molecule has 1 aromatic carbocycles. The molecule has 2 atom stereocenters. The van der Waals surface area contributed by atoms with Crippen molar-refractivity contribution in [2.24, 2.45) is 5.92 Å². The van der Waals surface area contributed by atoms with Crippen molar-refractivity contribution in [3.8, 4) is 0 Å². The van der Waals surface area contributed by atoms with Crippen LogP contribution < -0.4 is 10.0 Å². The van der Waals surface area contributed by atoms with Crippen LogP contribution in [-0.2, 0) is 16.4 Å². The fourth-order valence-electron chi connectivity index (χ4n) is 2.83. The molecule has 0 bridgehead atoms. The largest absolute Gasteiger partial charge is 0.317 e. The number of likely N-dealkylation sites (N-methyl/N-ethyl adjacent to an activating group) is 1. The topological polar surface area (TPSA) is 58.2 Å². The maximum absolute atomic E-state index is 12.4. The summed E-state index contributed by atoms with van der Waals surface area (Å²) in [7, 11) is -3.38. The van der Waals surface area contributed by atoms with Crippen molar-refractivity contribution in [2.45, 2.75) is 50.5 Å². The van der Waals surface area contributed by atoms with E-state index in [4.69, 9.17) is 0 Å². The van der Waals surface area contributed by atoms with Gasteiger partial charge in [-0.3, -0.25) is 0 Å². The lowest BCUT2D eigenvalue weighted by molar-refractivity contribution is 0.476. The molecule has 4 nitrogen and oxygen atoms in total. The molecule has 5 heteroatoms. The van der Waals surface area contributed by atoms with E-state index < -0.39 is 10.0 Å². The van der Waals surface area contributed by atoms with Gasteiger partial charge in [-0.05, 0) is 56.0 Å². The predicted molar refractivity (Wildman–Crippen MR) is 85.8 cm³/mol. The predicted octanol–water partition coefficient (Wildman–Crippen LogP) is 2.31. The summed E-state index contributed by atoms with van der Waals surface area (Å²) in [6.07, 6.45) is 4.08. The molecule has 21 heavy (non-hydrogen) atoms. The SMILES string of the molecule is CCNCCc1ccc(S(=O)(=O)NC2CCCC2C)cc1. The fraction of sp³-hybridized carbons (Fsp3) is 0.625. The first-order chi connectivity index (χ1) is 10.0. The molecular formula is C16H26N2O2S. The van der Waals surface area contributed by atoms with Crippen LogP contribution in [0.15, 0.2) is 29.2 Å². The van der Waals surface area contributed by atoms with Crippen molar-refractivity contribution >= 4 is 10.0 Å². The molecule has 2 rings (SSSR count). The van der Waals surface area contributed by atoms with E-state index >= 15 is 0 Å². The lowest BCUT2D eigenvalue weighted by atomic mass is 10.1. The molecule has 1 aliphatic rings. The van der Waals surface area contributed by atoms with Gasteiger partial charge >= 0.3 is 0 Å². The lowest BCUT2D eigenvalue weighted by Gasteiger charge is -2.17. The van der Waals surface area contributed by atoms with Crippen molar-refractivity contribution in [1.29, 1.82) is 0 Å². The maximum Gasteiger partial charge on any atom is 0.240 e. The third kappa shape index (κ3) is 4.53. The summed E-state index contributed by atoms with van der Waals surface area (Å²) < 4.78 is 27.6. The second-order valence-corrected chi connectivity index (χ2v) is 7.60. The Balaban J connectivity index is 1.99. The van der Waals surface area contributed by atoms with E-state index in [1.165, 1.54) is 0 Å². The summed E-state index contributed by atoms with van der Waals surface area (Å²) in [5.41, 5.74) is 1.16. The molecule has 1 fully saturated rings. The van der Waals surface area contributed by atoms with Gasteiger partial charge in [0.25, 0.3) is 0 Å². The minimum atomic E-state index is -3.38. The minimum absolute atomic E-state index is 0.0865. The normalized spacial score (nSPS) is 22.6. The summed E-state index contributed by atoms with van der Waals surface area (Å²) >= 11 is 0. The van der Waals surface area contributed by atoms with Gasteiger partial charge in [-0.25, -0.2) is 13.1 Å². The maximum atomic E-state index is 12.4. The summed E-state index contributed by atoms with van der Waals surface area (Å²) in [5.74, 6) is 0.430. The van der Waals surface area contributed by atoms with Gasteiger partial charge in [0.2, 0.25) is 10.0 Å². The number of hydrogen-bond acceptors (Lipinski definition) is 3. The Morgan fingerprint density at radius 3 is 2.48 bits per heavy atom. The van der Waals surface area contributed by atoms with Gasteiger partial charge < -0.3 is 5.32 Å². The van der Waals surface area contributed by atoms with Crippen LogP contribution in [0.5, 0.6) is 0 Å². The Kier molecular flexibility index (Phi) is 5.79. The molecule has 0 heterocycles. The van der Waals surface area contributed by atoms with E-state index in [9.17, 15) is 8.42 Å². The number of rotatable bonds is 7. The molecule has 2 unspecified atom stereocenters. The second kappa shape index (κ2) is 7.38. The quantitative estimate of drug-likeness (QED) is 0.760. The van der Waals surface area contributed by atoms with Crippen LogP contribution in [0.25, 0.3) is 0 Å². The van der Waals surface area contributed by atoms with Crippen molar-refractivity contribution in [3.63, 3.8) is 0 Å². The Hall–Kier alpha value is -0.910. The lowest BCUT2D eigenvalue weighted by Crippen LogP contribution is -2.36. The number of benzene rings is 1. The Bertz CT molecular complexity index is 540. The molecule has 0 aliphatic heterocycles. The van der Waals surface area contributed by atoms with E-state index in [-0.39, 0.29) is 6.04 Å². The summed E-state index contributed by atoms with van der Waals surface area (Å²) in [6.45, 7) is 6.06. The molecule has 1 aliphatic carbocycles. The van der Waals surface area contributed by atoms with Crippen molar-refractivity contribution in [1.82, 2.24) is 10.0 Å². The first-order valence-electron chi connectivity index (χ1n) is 7.85. The van der Waals surface area contributed by atoms with Gasteiger partial charge in [0.1, 0.15) is 0 Å². The molecule has 2 N–H and O–H groups in total. The van der Waals surface area contributed by atoms with Gasteiger partial charge in [-0.2, -0.15) is 0 Å². The average Bonchev–Trinajstić information content (AvgIpc) is 2.84. The fourth-order valence-corrected chi connectivity index (χ4v) is 4.21. The molecule has 118 valence electrons. The molecular weight excluding hydrogens is 284 g/mol. The highest BCUT2D eigenvalue weighted by molar-refractivity contribution is 7.89. The van der Waals surface area contributed by atoms with Gasteiger partial charge in [-0.15, -0.1) is 0 Å². The van der Waals surface area contributed by atoms with Gasteiger partial charge in [0, 0.05) is 6.04 Å². The Morgan fingerprint density at radius 2 is 1.90 bits per heavy atom. The summed E-state index contributed by atoms with van der Waals surface area (Å²) in [4.78, 5) is 0.369. The zero-order valence-electron chi connectivity index (χ0n) is 12.9. The molecule has 0 amide bonds. The van der Waals surface area contributed by atoms with Crippen molar-refractivity contribution in [3.05, 3.63) is 29.8 Å². The van der Waals surface area contributed by atoms with E-state index in [2.05, 4.69) is 23.9 Å². The van der Waals surface area contributed by atoms with Crippen LogP contribution in [0.2, 0.25) is 0 Å². The number of sulfonamides is 1. The molecule has 0 spiro atoms. The van der Waals surface area contributed by atoms with Crippen LogP contribution in [0, 0.1) is 5.92 Å². The van der Waals surface area contributed by atoms with Crippen LogP contribution in [0.1, 0.15) is 38.7 Å². The van der Waals surface area contributed by atoms with Gasteiger partial charge in [-0.1, -0.05) is 32.4 Å². The molecule has 1 aromatic rings. The van der Waals surface area contributed by atoms with E-state index in [1.807, 2.05) is 12.1 Å².